The SMILES string of the molecule is CC(CCCCCC(=O)O)C1CC(=O)C=CC1=O. The van der Waals surface area contributed by atoms with Crippen molar-refractivity contribution in [3.8, 4) is 0 Å². The molecular formula is C14H20O4. The molecule has 0 aromatic carbocycles. The maximum atomic E-state index is 11.6. The fourth-order valence-electron chi connectivity index (χ4n) is 2.29. The van der Waals surface area contributed by atoms with Crippen LogP contribution in [0.2, 0.25) is 0 Å². The van der Waals surface area contributed by atoms with Gasteiger partial charge in [0.25, 0.3) is 0 Å². The van der Waals surface area contributed by atoms with Crippen LogP contribution in [0.3, 0.4) is 0 Å². The summed E-state index contributed by atoms with van der Waals surface area (Å²) in [5.74, 6) is -0.676. The van der Waals surface area contributed by atoms with Crippen molar-refractivity contribution in [2.75, 3.05) is 0 Å². The normalized spacial score (nSPS) is 21.1. The van der Waals surface area contributed by atoms with Gasteiger partial charge < -0.3 is 5.11 Å². The van der Waals surface area contributed by atoms with Crippen LogP contribution in [0, 0.1) is 11.8 Å². The van der Waals surface area contributed by atoms with Gasteiger partial charge in [0.2, 0.25) is 0 Å². The lowest BCUT2D eigenvalue weighted by atomic mass is 9.80. The molecule has 0 radical (unpaired) electrons. The molecule has 4 heteroatoms. The molecule has 0 bridgehead atoms. The number of hydrogen-bond donors (Lipinski definition) is 1. The third-order valence-electron chi connectivity index (χ3n) is 3.46. The van der Waals surface area contributed by atoms with Crippen molar-refractivity contribution in [3.05, 3.63) is 12.2 Å². The quantitative estimate of drug-likeness (QED) is 0.706. The number of carbonyl (C=O) groups is 3. The minimum atomic E-state index is -0.763. The van der Waals surface area contributed by atoms with Crippen LogP contribution < -0.4 is 0 Å². The summed E-state index contributed by atoms with van der Waals surface area (Å²) in [4.78, 5) is 33.2. The minimum absolute atomic E-state index is 0.0253. The second-order valence-corrected chi connectivity index (χ2v) is 4.98. The summed E-state index contributed by atoms with van der Waals surface area (Å²) >= 11 is 0. The van der Waals surface area contributed by atoms with E-state index in [2.05, 4.69) is 0 Å². The monoisotopic (exact) mass is 252 g/mol. The van der Waals surface area contributed by atoms with Crippen molar-refractivity contribution >= 4 is 17.5 Å². The molecule has 4 nitrogen and oxygen atoms in total. The maximum Gasteiger partial charge on any atom is 0.303 e. The molecule has 0 aromatic heterocycles. The molecule has 100 valence electrons. The van der Waals surface area contributed by atoms with Crippen molar-refractivity contribution in [3.63, 3.8) is 0 Å². The summed E-state index contributed by atoms with van der Waals surface area (Å²) in [5, 5.41) is 8.50. The number of hydrogen-bond acceptors (Lipinski definition) is 3. The lowest BCUT2D eigenvalue weighted by molar-refractivity contribution is -0.137. The van der Waals surface area contributed by atoms with Gasteiger partial charge in [0.1, 0.15) is 0 Å². The lowest BCUT2D eigenvalue weighted by Gasteiger charge is -2.22. The first kappa shape index (κ1) is 14.6. The van der Waals surface area contributed by atoms with Gasteiger partial charge in [-0.25, -0.2) is 0 Å². The van der Waals surface area contributed by atoms with E-state index >= 15 is 0 Å². The van der Waals surface area contributed by atoms with Crippen LogP contribution in [0.4, 0.5) is 0 Å². The first-order chi connectivity index (χ1) is 8.50. The van der Waals surface area contributed by atoms with Gasteiger partial charge in [0, 0.05) is 18.8 Å². The third kappa shape index (κ3) is 4.82. The van der Waals surface area contributed by atoms with E-state index in [1.165, 1.54) is 12.2 Å². The van der Waals surface area contributed by atoms with Crippen LogP contribution in [0.1, 0.15) is 45.4 Å². The molecule has 0 saturated carbocycles. The molecule has 0 saturated heterocycles. The van der Waals surface area contributed by atoms with Crippen LogP contribution in [-0.2, 0) is 14.4 Å². The van der Waals surface area contributed by atoms with Crippen LogP contribution in [-0.4, -0.2) is 22.6 Å². The van der Waals surface area contributed by atoms with E-state index in [1.807, 2.05) is 6.92 Å². The van der Waals surface area contributed by atoms with Crippen LogP contribution in [0.15, 0.2) is 12.2 Å². The smallest absolute Gasteiger partial charge is 0.303 e. The molecule has 0 fully saturated rings. The van der Waals surface area contributed by atoms with E-state index in [0.29, 0.717) is 12.8 Å². The molecule has 2 unspecified atom stereocenters. The van der Waals surface area contributed by atoms with E-state index in [-0.39, 0.29) is 29.8 Å². The van der Waals surface area contributed by atoms with Gasteiger partial charge in [-0.2, -0.15) is 0 Å². The van der Waals surface area contributed by atoms with Gasteiger partial charge in [0.05, 0.1) is 0 Å². The molecule has 0 spiro atoms. The first-order valence-electron chi connectivity index (χ1n) is 6.47. The zero-order chi connectivity index (χ0) is 13.5. The molecular weight excluding hydrogens is 232 g/mol. The molecule has 0 amide bonds. The summed E-state index contributed by atoms with van der Waals surface area (Å²) in [6.07, 6.45) is 6.60. The lowest BCUT2D eigenvalue weighted by Crippen LogP contribution is -2.26. The molecule has 0 aromatic rings. The largest absolute Gasteiger partial charge is 0.481 e. The van der Waals surface area contributed by atoms with E-state index in [0.717, 1.165) is 19.3 Å². The second kappa shape index (κ2) is 7.09. The molecule has 0 heterocycles. The zero-order valence-corrected chi connectivity index (χ0v) is 10.7. The number of carboxylic acid groups (broad SMARTS) is 1. The summed E-state index contributed by atoms with van der Waals surface area (Å²) in [6, 6.07) is 0. The van der Waals surface area contributed by atoms with E-state index in [4.69, 9.17) is 5.11 Å². The number of rotatable bonds is 7. The van der Waals surface area contributed by atoms with Crippen molar-refractivity contribution in [2.24, 2.45) is 11.8 Å². The van der Waals surface area contributed by atoms with Crippen LogP contribution in [0.5, 0.6) is 0 Å². The molecule has 18 heavy (non-hydrogen) atoms. The van der Waals surface area contributed by atoms with E-state index in [9.17, 15) is 14.4 Å². The topological polar surface area (TPSA) is 71.4 Å². The van der Waals surface area contributed by atoms with Gasteiger partial charge in [0.15, 0.2) is 11.6 Å². The minimum Gasteiger partial charge on any atom is -0.481 e. The second-order valence-electron chi connectivity index (χ2n) is 4.98. The van der Waals surface area contributed by atoms with Gasteiger partial charge in [-0.3, -0.25) is 14.4 Å². The molecule has 1 aliphatic carbocycles. The Morgan fingerprint density at radius 3 is 2.72 bits per heavy atom. The Morgan fingerprint density at radius 2 is 2.06 bits per heavy atom. The Labute approximate surface area is 107 Å². The molecule has 1 rings (SSSR count). The zero-order valence-electron chi connectivity index (χ0n) is 10.7. The summed E-state index contributed by atoms with van der Waals surface area (Å²) < 4.78 is 0. The van der Waals surface area contributed by atoms with Gasteiger partial charge in [-0.05, 0) is 30.9 Å². The number of carbonyl (C=O) groups excluding carboxylic acids is 2. The highest BCUT2D eigenvalue weighted by Crippen LogP contribution is 2.26. The standard InChI is InChI=1S/C14H20O4/c1-10(5-3-2-4-6-14(17)18)12-9-11(15)7-8-13(12)16/h7-8,10,12H,2-6,9H2,1H3,(H,17,18). The molecule has 2 atom stereocenters. The van der Waals surface area contributed by atoms with Crippen LogP contribution in [0.25, 0.3) is 0 Å². The number of allylic oxidation sites excluding steroid dienone is 2. The maximum absolute atomic E-state index is 11.6. The number of ketones is 2. The first-order valence-corrected chi connectivity index (χ1v) is 6.47. The highest BCUT2D eigenvalue weighted by Gasteiger charge is 2.27. The van der Waals surface area contributed by atoms with Gasteiger partial charge >= 0.3 is 5.97 Å². The number of aliphatic carboxylic acids is 1. The molecule has 1 aliphatic rings. The molecule has 1 N–H and O–H groups in total. The fraction of sp³-hybridized carbons (Fsp3) is 0.643. The highest BCUT2D eigenvalue weighted by molar-refractivity contribution is 6.05. The Kier molecular flexibility index (Phi) is 5.75. The Balaban J connectivity index is 2.26. The van der Waals surface area contributed by atoms with Crippen molar-refractivity contribution < 1.29 is 19.5 Å². The average Bonchev–Trinajstić information content (AvgIpc) is 2.31. The summed E-state index contributed by atoms with van der Waals surface area (Å²) in [7, 11) is 0. The molecule has 0 aliphatic heterocycles. The van der Waals surface area contributed by atoms with Crippen LogP contribution >= 0.6 is 0 Å². The highest BCUT2D eigenvalue weighted by atomic mass is 16.4. The van der Waals surface area contributed by atoms with Gasteiger partial charge in [-0.1, -0.05) is 19.8 Å². The Morgan fingerprint density at radius 1 is 1.33 bits per heavy atom. The van der Waals surface area contributed by atoms with Crippen molar-refractivity contribution in [1.82, 2.24) is 0 Å². The predicted molar refractivity (Wildman–Crippen MR) is 67.1 cm³/mol. The van der Waals surface area contributed by atoms with Crippen molar-refractivity contribution in [2.45, 2.75) is 45.4 Å². The van der Waals surface area contributed by atoms with Crippen molar-refractivity contribution in [1.29, 1.82) is 0 Å². The van der Waals surface area contributed by atoms with E-state index < -0.39 is 5.97 Å². The van der Waals surface area contributed by atoms with E-state index in [1.54, 1.807) is 0 Å². The third-order valence-corrected chi connectivity index (χ3v) is 3.46. The fourth-order valence-corrected chi connectivity index (χ4v) is 2.29. The predicted octanol–water partition coefficient (Wildman–Crippen LogP) is 2.37. The number of unbranched alkanes of at least 4 members (excludes halogenated alkanes) is 2. The summed E-state index contributed by atoms with van der Waals surface area (Å²) in [5.41, 5.74) is 0. The Hall–Kier alpha value is -1.45. The number of carboxylic acids is 1. The Bertz CT molecular complexity index is 357. The summed E-state index contributed by atoms with van der Waals surface area (Å²) in [6.45, 7) is 1.99. The van der Waals surface area contributed by atoms with Gasteiger partial charge in [-0.15, -0.1) is 0 Å². The average molecular weight is 252 g/mol.